The van der Waals surface area contributed by atoms with Crippen LogP contribution in [0.1, 0.15) is 31.2 Å². The van der Waals surface area contributed by atoms with E-state index in [0.29, 0.717) is 12.6 Å². The Bertz CT molecular complexity index is 494. The number of nitrogens with one attached hydrogen (secondary N) is 1. The van der Waals surface area contributed by atoms with Crippen LogP contribution in [0.5, 0.6) is 11.5 Å². The molecular formula is C16H21NO3. The van der Waals surface area contributed by atoms with Crippen molar-refractivity contribution in [2.75, 3.05) is 13.7 Å². The number of rotatable bonds is 3. The second kappa shape index (κ2) is 5.73. The molecule has 0 unspecified atom stereocenters. The predicted octanol–water partition coefficient (Wildman–Crippen LogP) is 2.31. The Morgan fingerprint density at radius 3 is 2.90 bits per heavy atom. The Hall–Kier alpha value is -1.71. The van der Waals surface area contributed by atoms with Gasteiger partial charge in [-0.3, -0.25) is 4.79 Å². The molecule has 2 aliphatic rings. The largest absolute Gasteiger partial charge is 0.497 e. The molecule has 0 spiro atoms. The summed E-state index contributed by atoms with van der Waals surface area (Å²) >= 11 is 0. The van der Waals surface area contributed by atoms with Crippen LogP contribution in [0.25, 0.3) is 0 Å². The molecule has 1 atom stereocenters. The lowest BCUT2D eigenvalue weighted by Crippen LogP contribution is -2.41. The van der Waals surface area contributed by atoms with E-state index in [0.717, 1.165) is 36.3 Å². The topological polar surface area (TPSA) is 47.6 Å². The van der Waals surface area contributed by atoms with Crippen molar-refractivity contribution >= 4 is 5.91 Å². The molecule has 1 aromatic rings. The third-order valence-electron chi connectivity index (χ3n) is 4.25. The van der Waals surface area contributed by atoms with Crippen molar-refractivity contribution in [3.05, 3.63) is 23.8 Å². The molecule has 1 fully saturated rings. The van der Waals surface area contributed by atoms with Crippen LogP contribution in [0.15, 0.2) is 18.2 Å². The third-order valence-corrected chi connectivity index (χ3v) is 4.25. The SMILES string of the molecule is COc1ccc2c(c1)C[C@@H](C(=O)NC1CCCC1)CO2. The van der Waals surface area contributed by atoms with Gasteiger partial charge in [-0.25, -0.2) is 0 Å². The molecule has 1 N–H and O–H groups in total. The molecule has 1 saturated carbocycles. The first-order chi connectivity index (χ1) is 9.76. The highest BCUT2D eigenvalue weighted by molar-refractivity contribution is 5.80. The number of methoxy groups -OCH3 is 1. The molecule has 1 aliphatic carbocycles. The van der Waals surface area contributed by atoms with E-state index in [1.54, 1.807) is 7.11 Å². The first-order valence-electron chi connectivity index (χ1n) is 7.36. The van der Waals surface area contributed by atoms with Gasteiger partial charge < -0.3 is 14.8 Å². The number of carbonyl (C=O) groups excluding carboxylic acids is 1. The van der Waals surface area contributed by atoms with Crippen LogP contribution in [0, 0.1) is 5.92 Å². The Morgan fingerprint density at radius 2 is 2.15 bits per heavy atom. The van der Waals surface area contributed by atoms with E-state index >= 15 is 0 Å². The minimum absolute atomic E-state index is 0.0878. The minimum atomic E-state index is -0.0878. The normalized spacial score (nSPS) is 21.9. The Kier molecular flexibility index (Phi) is 3.81. The Morgan fingerprint density at radius 1 is 1.35 bits per heavy atom. The molecule has 1 aliphatic heterocycles. The zero-order valence-electron chi connectivity index (χ0n) is 11.9. The molecule has 3 rings (SSSR count). The summed E-state index contributed by atoms with van der Waals surface area (Å²) < 4.78 is 10.9. The maximum absolute atomic E-state index is 12.3. The molecule has 0 bridgehead atoms. The molecule has 0 radical (unpaired) electrons. The lowest BCUT2D eigenvalue weighted by molar-refractivity contribution is -0.127. The van der Waals surface area contributed by atoms with Crippen LogP contribution in [-0.4, -0.2) is 25.7 Å². The van der Waals surface area contributed by atoms with Crippen molar-refractivity contribution < 1.29 is 14.3 Å². The summed E-state index contributed by atoms with van der Waals surface area (Å²) in [6.07, 6.45) is 5.41. The standard InChI is InChI=1S/C16H21NO3/c1-19-14-6-7-15-11(9-14)8-12(10-20-15)16(18)17-13-4-2-3-5-13/h6-7,9,12-13H,2-5,8,10H2,1H3,(H,17,18)/t12-/m1/s1. The summed E-state index contributed by atoms with van der Waals surface area (Å²) in [6, 6.07) is 6.13. The highest BCUT2D eigenvalue weighted by Gasteiger charge is 2.28. The molecule has 4 nitrogen and oxygen atoms in total. The number of benzene rings is 1. The van der Waals surface area contributed by atoms with Gasteiger partial charge in [-0.05, 0) is 43.0 Å². The van der Waals surface area contributed by atoms with Crippen LogP contribution in [0.3, 0.4) is 0 Å². The maximum Gasteiger partial charge on any atom is 0.227 e. The van der Waals surface area contributed by atoms with Crippen LogP contribution < -0.4 is 14.8 Å². The van der Waals surface area contributed by atoms with E-state index in [1.165, 1.54) is 12.8 Å². The van der Waals surface area contributed by atoms with Crippen molar-refractivity contribution in [3.63, 3.8) is 0 Å². The molecule has 1 amide bonds. The van der Waals surface area contributed by atoms with E-state index in [9.17, 15) is 4.79 Å². The molecular weight excluding hydrogens is 254 g/mol. The fourth-order valence-electron chi connectivity index (χ4n) is 3.06. The lowest BCUT2D eigenvalue weighted by Gasteiger charge is -2.26. The lowest BCUT2D eigenvalue weighted by atomic mass is 9.95. The van der Waals surface area contributed by atoms with Gasteiger partial charge in [-0.1, -0.05) is 12.8 Å². The summed E-state index contributed by atoms with van der Waals surface area (Å²) in [5.74, 6) is 1.72. The summed E-state index contributed by atoms with van der Waals surface area (Å²) in [6.45, 7) is 0.470. The van der Waals surface area contributed by atoms with Crippen molar-refractivity contribution in [1.82, 2.24) is 5.32 Å². The van der Waals surface area contributed by atoms with Crippen molar-refractivity contribution in [2.24, 2.45) is 5.92 Å². The molecule has 4 heteroatoms. The van der Waals surface area contributed by atoms with Gasteiger partial charge in [0.15, 0.2) is 0 Å². The number of amides is 1. The van der Waals surface area contributed by atoms with Gasteiger partial charge in [0.2, 0.25) is 5.91 Å². The minimum Gasteiger partial charge on any atom is -0.497 e. The molecule has 108 valence electrons. The number of carbonyl (C=O) groups is 1. The highest BCUT2D eigenvalue weighted by atomic mass is 16.5. The number of ether oxygens (including phenoxy) is 2. The van der Waals surface area contributed by atoms with Crippen molar-refractivity contribution in [2.45, 2.75) is 38.1 Å². The van der Waals surface area contributed by atoms with E-state index < -0.39 is 0 Å². The van der Waals surface area contributed by atoms with Gasteiger partial charge in [-0.15, -0.1) is 0 Å². The van der Waals surface area contributed by atoms with Gasteiger partial charge in [0, 0.05) is 6.04 Å². The van der Waals surface area contributed by atoms with E-state index in [-0.39, 0.29) is 11.8 Å². The second-order valence-corrected chi connectivity index (χ2v) is 5.68. The van der Waals surface area contributed by atoms with Crippen LogP contribution in [-0.2, 0) is 11.2 Å². The van der Waals surface area contributed by atoms with Crippen LogP contribution in [0.4, 0.5) is 0 Å². The Labute approximate surface area is 119 Å². The fraction of sp³-hybridized carbons (Fsp3) is 0.562. The predicted molar refractivity (Wildman–Crippen MR) is 76.1 cm³/mol. The summed E-state index contributed by atoms with van der Waals surface area (Å²) in [7, 11) is 1.65. The van der Waals surface area contributed by atoms with E-state index in [2.05, 4.69) is 5.32 Å². The third kappa shape index (κ3) is 2.74. The molecule has 0 saturated heterocycles. The van der Waals surface area contributed by atoms with Crippen molar-refractivity contribution in [1.29, 1.82) is 0 Å². The smallest absolute Gasteiger partial charge is 0.227 e. The zero-order chi connectivity index (χ0) is 13.9. The fourth-order valence-corrected chi connectivity index (χ4v) is 3.06. The molecule has 0 aromatic heterocycles. The first kappa shape index (κ1) is 13.3. The van der Waals surface area contributed by atoms with Crippen LogP contribution in [0.2, 0.25) is 0 Å². The summed E-state index contributed by atoms with van der Waals surface area (Å²) in [4.78, 5) is 12.3. The number of hydrogen-bond donors (Lipinski definition) is 1. The van der Waals surface area contributed by atoms with Gasteiger partial charge in [-0.2, -0.15) is 0 Å². The zero-order valence-corrected chi connectivity index (χ0v) is 11.9. The number of hydrogen-bond acceptors (Lipinski definition) is 3. The summed E-state index contributed by atoms with van der Waals surface area (Å²) in [5, 5.41) is 3.16. The average Bonchev–Trinajstić information content (AvgIpc) is 2.99. The Balaban J connectivity index is 1.66. The van der Waals surface area contributed by atoms with E-state index in [4.69, 9.17) is 9.47 Å². The quantitative estimate of drug-likeness (QED) is 0.921. The van der Waals surface area contributed by atoms with Crippen molar-refractivity contribution in [3.8, 4) is 11.5 Å². The second-order valence-electron chi connectivity index (χ2n) is 5.68. The molecule has 1 aromatic carbocycles. The highest BCUT2D eigenvalue weighted by Crippen LogP contribution is 2.31. The molecule has 20 heavy (non-hydrogen) atoms. The average molecular weight is 275 g/mol. The van der Waals surface area contributed by atoms with Gasteiger partial charge in [0.1, 0.15) is 18.1 Å². The maximum atomic E-state index is 12.3. The monoisotopic (exact) mass is 275 g/mol. The molecule has 1 heterocycles. The van der Waals surface area contributed by atoms with Crippen LogP contribution >= 0.6 is 0 Å². The van der Waals surface area contributed by atoms with E-state index in [1.807, 2.05) is 18.2 Å². The number of fused-ring (bicyclic) bond motifs is 1. The first-order valence-corrected chi connectivity index (χ1v) is 7.36. The summed E-state index contributed by atoms with van der Waals surface area (Å²) in [5.41, 5.74) is 1.06. The van der Waals surface area contributed by atoms with Gasteiger partial charge >= 0.3 is 0 Å². The van der Waals surface area contributed by atoms with Gasteiger partial charge in [0.05, 0.1) is 13.0 Å². The van der Waals surface area contributed by atoms with Gasteiger partial charge in [0.25, 0.3) is 0 Å².